The standard InChI is InChI=1S/C16H25BrN2/c1-4-12(2)14-11-19(10-6-9-18-14)15-8-5-7-13(3)16(15)17/h5,7-8,12,14,18H,4,6,9-11H2,1-3H3. The summed E-state index contributed by atoms with van der Waals surface area (Å²) in [5.41, 5.74) is 2.66. The second kappa shape index (κ2) is 6.76. The molecule has 1 aliphatic heterocycles. The highest BCUT2D eigenvalue weighted by molar-refractivity contribution is 9.10. The Morgan fingerprint density at radius 1 is 1.47 bits per heavy atom. The number of nitrogens with zero attached hydrogens (tertiary/aromatic N) is 1. The van der Waals surface area contributed by atoms with Crippen molar-refractivity contribution in [1.29, 1.82) is 0 Å². The normalized spacial score (nSPS) is 22.1. The molecule has 2 atom stereocenters. The Morgan fingerprint density at radius 2 is 2.26 bits per heavy atom. The minimum absolute atomic E-state index is 0.597. The molecule has 2 rings (SSSR count). The maximum absolute atomic E-state index is 3.75. The van der Waals surface area contributed by atoms with E-state index >= 15 is 0 Å². The zero-order chi connectivity index (χ0) is 13.8. The molecule has 1 aromatic carbocycles. The Bertz CT molecular complexity index is 419. The number of hydrogen-bond acceptors (Lipinski definition) is 2. The zero-order valence-corrected chi connectivity index (χ0v) is 13.8. The van der Waals surface area contributed by atoms with Crippen molar-refractivity contribution in [2.75, 3.05) is 24.5 Å². The van der Waals surface area contributed by atoms with Crippen LogP contribution in [0.3, 0.4) is 0 Å². The summed E-state index contributed by atoms with van der Waals surface area (Å²) in [6, 6.07) is 7.15. The van der Waals surface area contributed by atoms with Crippen molar-refractivity contribution in [1.82, 2.24) is 5.32 Å². The first-order valence-corrected chi connectivity index (χ1v) is 8.16. The van der Waals surface area contributed by atoms with Crippen LogP contribution in [0.5, 0.6) is 0 Å². The van der Waals surface area contributed by atoms with Gasteiger partial charge < -0.3 is 10.2 Å². The van der Waals surface area contributed by atoms with Crippen LogP contribution < -0.4 is 10.2 Å². The molecule has 0 radical (unpaired) electrons. The minimum Gasteiger partial charge on any atom is -0.369 e. The maximum atomic E-state index is 3.75. The Balaban J connectivity index is 2.20. The molecule has 0 aliphatic carbocycles. The molecule has 0 aromatic heterocycles. The number of halogens is 1. The van der Waals surface area contributed by atoms with Gasteiger partial charge in [-0.25, -0.2) is 0 Å². The van der Waals surface area contributed by atoms with Gasteiger partial charge in [0.1, 0.15) is 0 Å². The van der Waals surface area contributed by atoms with Gasteiger partial charge in [0, 0.05) is 23.6 Å². The first-order chi connectivity index (χ1) is 9.13. The van der Waals surface area contributed by atoms with E-state index < -0.39 is 0 Å². The fourth-order valence-electron chi connectivity index (χ4n) is 2.71. The number of hydrogen-bond donors (Lipinski definition) is 1. The Hall–Kier alpha value is -0.540. The van der Waals surface area contributed by atoms with E-state index in [9.17, 15) is 0 Å². The summed E-state index contributed by atoms with van der Waals surface area (Å²) in [6.45, 7) is 10.2. The van der Waals surface area contributed by atoms with Gasteiger partial charge in [0.05, 0.1) is 5.69 Å². The number of nitrogens with one attached hydrogen (secondary N) is 1. The van der Waals surface area contributed by atoms with Crippen LogP contribution in [0.2, 0.25) is 0 Å². The number of anilines is 1. The molecule has 0 bridgehead atoms. The van der Waals surface area contributed by atoms with Crippen molar-refractivity contribution < 1.29 is 0 Å². The first kappa shape index (κ1) is 14.9. The molecule has 2 nitrogen and oxygen atoms in total. The van der Waals surface area contributed by atoms with Crippen LogP contribution in [0.15, 0.2) is 22.7 Å². The molecule has 2 unspecified atom stereocenters. The molecular formula is C16H25BrN2. The molecule has 0 spiro atoms. The molecule has 0 amide bonds. The van der Waals surface area contributed by atoms with Gasteiger partial charge in [-0.1, -0.05) is 32.4 Å². The molecule has 1 aromatic rings. The molecule has 1 N–H and O–H groups in total. The third kappa shape index (κ3) is 3.51. The SMILES string of the molecule is CCC(C)C1CN(c2cccc(C)c2Br)CCCN1. The van der Waals surface area contributed by atoms with Crippen molar-refractivity contribution in [3.05, 3.63) is 28.2 Å². The lowest BCUT2D eigenvalue weighted by atomic mass is 9.99. The lowest BCUT2D eigenvalue weighted by Gasteiger charge is -2.30. The van der Waals surface area contributed by atoms with E-state index in [0.717, 1.165) is 25.6 Å². The monoisotopic (exact) mass is 324 g/mol. The Kier molecular flexibility index (Phi) is 5.28. The topological polar surface area (TPSA) is 15.3 Å². The van der Waals surface area contributed by atoms with Gasteiger partial charge in [-0.3, -0.25) is 0 Å². The lowest BCUT2D eigenvalue weighted by molar-refractivity contribution is 0.384. The van der Waals surface area contributed by atoms with Gasteiger partial charge in [-0.15, -0.1) is 0 Å². The number of benzene rings is 1. The average molecular weight is 325 g/mol. The number of aryl methyl sites for hydroxylation is 1. The van der Waals surface area contributed by atoms with Gasteiger partial charge in [0.2, 0.25) is 0 Å². The van der Waals surface area contributed by atoms with E-state index in [1.165, 1.54) is 28.6 Å². The predicted octanol–water partition coefficient (Wildman–Crippen LogP) is 3.97. The lowest BCUT2D eigenvalue weighted by Crippen LogP contribution is -2.42. The Labute approximate surface area is 125 Å². The van der Waals surface area contributed by atoms with E-state index in [1.807, 2.05) is 0 Å². The largest absolute Gasteiger partial charge is 0.369 e. The smallest absolute Gasteiger partial charge is 0.0513 e. The van der Waals surface area contributed by atoms with E-state index in [-0.39, 0.29) is 0 Å². The molecule has 0 saturated carbocycles. The van der Waals surface area contributed by atoms with Gasteiger partial charge in [-0.05, 0) is 53.4 Å². The quantitative estimate of drug-likeness (QED) is 0.904. The fraction of sp³-hybridized carbons (Fsp3) is 0.625. The summed E-state index contributed by atoms with van der Waals surface area (Å²) < 4.78 is 1.25. The summed E-state index contributed by atoms with van der Waals surface area (Å²) in [6.07, 6.45) is 2.45. The highest BCUT2D eigenvalue weighted by atomic mass is 79.9. The summed E-state index contributed by atoms with van der Waals surface area (Å²) in [5.74, 6) is 0.726. The third-order valence-electron chi connectivity index (χ3n) is 4.27. The highest BCUT2D eigenvalue weighted by Gasteiger charge is 2.23. The predicted molar refractivity (Wildman–Crippen MR) is 87.0 cm³/mol. The molecule has 1 fully saturated rings. The van der Waals surface area contributed by atoms with Crippen LogP contribution in [0.4, 0.5) is 5.69 Å². The van der Waals surface area contributed by atoms with Crippen LogP contribution >= 0.6 is 15.9 Å². The molecule has 1 heterocycles. The molecule has 1 aliphatic rings. The third-order valence-corrected chi connectivity index (χ3v) is 5.30. The summed E-state index contributed by atoms with van der Waals surface area (Å²) >= 11 is 3.75. The van der Waals surface area contributed by atoms with Crippen molar-refractivity contribution in [2.24, 2.45) is 5.92 Å². The van der Waals surface area contributed by atoms with E-state index in [0.29, 0.717) is 6.04 Å². The summed E-state index contributed by atoms with van der Waals surface area (Å²) in [4.78, 5) is 2.54. The second-order valence-electron chi connectivity index (χ2n) is 5.65. The van der Waals surface area contributed by atoms with Gasteiger partial charge in [-0.2, -0.15) is 0 Å². The molecule has 19 heavy (non-hydrogen) atoms. The van der Waals surface area contributed by atoms with Crippen molar-refractivity contribution in [2.45, 2.75) is 39.7 Å². The van der Waals surface area contributed by atoms with Crippen LogP contribution in [0.1, 0.15) is 32.3 Å². The molecular weight excluding hydrogens is 300 g/mol. The molecule has 3 heteroatoms. The Morgan fingerprint density at radius 3 is 3.00 bits per heavy atom. The van der Waals surface area contributed by atoms with Crippen molar-refractivity contribution >= 4 is 21.6 Å². The highest BCUT2D eigenvalue weighted by Crippen LogP contribution is 2.30. The van der Waals surface area contributed by atoms with Crippen LogP contribution in [-0.4, -0.2) is 25.7 Å². The minimum atomic E-state index is 0.597. The van der Waals surface area contributed by atoms with E-state index in [1.54, 1.807) is 0 Å². The van der Waals surface area contributed by atoms with Gasteiger partial charge in [0.25, 0.3) is 0 Å². The van der Waals surface area contributed by atoms with Crippen molar-refractivity contribution in [3.8, 4) is 0 Å². The van der Waals surface area contributed by atoms with Crippen LogP contribution in [0.25, 0.3) is 0 Å². The van der Waals surface area contributed by atoms with E-state index in [2.05, 4.69) is 65.1 Å². The average Bonchev–Trinajstić information content (AvgIpc) is 2.67. The van der Waals surface area contributed by atoms with Gasteiger partial charge in [0.15, 0.2) is 0 Å². The van der Waals surface area contributed by atoms with Crippen LogP contribution in [-0.2, 0) is 0 Å². The first-order valence-electron chi connectivity index (χ1n) is 7.37. The van der Waals surface area contributed by atoms with Crippen LogP contribution in [0, 0.1) is 12.8 Å². The molecule has 106 valence electrons. The maximum Gasteiger partial charge on any atom is 0.0513 e. The summed E-state index contributed by atoms with van der Waals surface area (Å²) in [7, 11) is 0. The van der Waals surface area contributed by atoms with Crippen molar-refractivity contribution in [3.63, 3.8) is 0 Å². The zero-order valence-electron chi connectivity index (χ0n) is 12.2. The summed E-state index contributed by atoms with van der Waals surface area (Å²) in [5, 5.41) is 3.71. The second-order valence-corrected chi connectivity index (χ2v) is 6.45. The molecule has 1 saturated heterocycles. The van der Waals surface area contributed by atoms with Gasteiger partial charge >= 0.3 is 0 Å². The van der Waals surface area contributed by atoms with E-state index in [4.69, 9.17) is 0 Å². The number of rotatable bonds is 3. The fourth-order valence-corrected chi connectivity index (χ4v) is 3.23.